The third-order valence-electron chi connectivity index (χ3n) is 3.36. The van der Waals surface area contributed by atoms with Gasteiger partial charge in [0.05, 0.1) is 0 Å². The molecule has 1 heterocycles. The van der Waals surface area contributed by atoms with Gasteiger partial charge in [0.15, 0.2) is 5.82 Å². The summed E-state index contributed by atoms with van der Waals surface area (Å²) in [6.45, 7) is 0. The summed E-state index contributed by atoms with van der Waals surface area (Å²) in [4.78, 5) is 16.1. The number of carbonyl (C=O) groups is 1. The number of H-pyrrole nitrogens is 1. The Kier molecular flexibility index (Phi) is 4.67. The standard InChI is InChI=1S/C17H15ClN6O/c18-11-2-1-3-13(8-11)22-17-14(15(20)25)16(23-24-17)21-9-10-4-6-12(19)7-5-10/h1-9H,19H2,(H2,20,25)(H2,22,23,24). The number of hydrogen-bond donors (Lipinski definition) is 4. The summed E-state index contributed by atoms with van der Waals surface area (Å²) in [5.41, 5.74) is 13.4. The van der Waals surface area contributed by atoms with Crippen LogP contribution in [0.3, 0.4) is 0 Å². The average molecular weight is 355 g/mol. The Labute approximate surface area is 148 Å². The van der Waals surface area contributed by atoms with Crippen molar-refractivity contribution in [1.29, 1.82) is 0 Å². The normalized spacial score (nSPS) is 10.9. The van der Waals surface area contributed by atoms with Crippen molar-refractivity contribution in [3.8, 4) is 0 Å². The first-order valence-electron chi connectivity index (χ1n) is 7.33. The molecule has 0 atom stereocenters. The number of nitrogens with two attached hydrogens (primary N) is 2. The lowest BCUT2D eigenvalue weighted by Crippen LogP contribution is -2.12. The molecule has 1 amide bonds. The summed E-state index contributed by atoms with van der Waals surface area (Å²) in [6, 6.07) is 14.2. The van der Waals surface area contributed by atoms with E-state index in [0.717, 1.165) is 5.56 Å². The number of primary amides is 1. The zero-order chi connectivity index (χ0) is 17.8. The number of carbonyl (C=O) groups excluding carboxylic acids is 1. The predicted octanol–water partition coefficient (Wildman–Crippen LogP) is 3.24. The van der Waals surface area contributed by atoms with Crippen LogP contribution in [0.5, 0.6) is 0 Å². The van der Waals surface area contributed by atoms with Crippen LogP contribution in [-0.4, -0.2) is 22.3 Å². The summed E-state index contributed by atoms with van der Waals surface area (Å²) >= 11 is 5.96. The van der Waals surface area contributed by atoms with Gasteiger partial charge < -0.3 is 16.8 Å². The van der Waals surface area contributed by atoms with E-state index in [2.05, 4.69) is 20.5 Å². The fourth-order valence-corrected chi connectivity index (χ4v) is 2.37. The number of halogens is 1. The Bertz CT molecular complexity index is 933. The number of nitrogen functional groups attached to an aromatic ring is 1. The van der Waals surface area contributed by atoms with E-state index >= 15 is 0 Å². The molecule has 0 saturated heterocycles. The van der Waals surface area contributed by atoms with Crippen molar-refractivity contribution in [3.63, 3.8) is 0 Å². The van der Waals surface area contributed by atoms with Crippen LogP contribution in [0.2, 0.25) is 5.02 Å². The van der Waals surface area contributed by atoms with Crippen molar-refractivity contribution in [3.05, 3.63) is 64.7 Å². The van der Waals surface area contributed by atoms with E-state index in [1.807, 2.05) is 0 Å². The zero-order valence-corrected chi connectivity index (χ0v) is 13.8. The number of amides is 1. The first-order valence-corrected chi connectivity index (χ1v) is 7.71. The molecule has 2 aromatic carbocycles. The second-order valence-corrected chi connectivity index (χ2v) is 5.66. The third kappa shape index (κ3) is 3.96. The highest BCUT2D eigenvalue weighted by molar-refractivity contribution is 6.30. The molecule has 0 fully saturated rings. The van der Waals surface area contributed by atoms with Crippen molar-refractivity contribution >= 4 is 46.7 Å². The quantitative estimate of drug-likeness (QED) is 0.415. The molecule has 0 saturated carbocycles. The first-order chi connectivity index (χ1) is 12.0. The van der Waals surface area contributed by atoms with Gasteiger partial charge in [-0.1, -0.05) is 29.8 Å². The van der Waals surface area contributed by atoms with Gasteiger partial charge in [-0.3, -0.25) is 9.89 Å². The lowest BCUT2D eigenvalue weighted by atomic mass is 10.2. The molecule has 0 aliphatic rings. The number of nitrogens with zero attached hydrogens (tertiary/aromatic N) is 2. The Hall–Kier alpha value is -3.32. The first kappa shape index (κ1) is 16.5. The van der Waals surface area contributed by atoms with Gasteiger partial charge in [-0.25, -0.2) is 4.99 Å². The number of aromatic nitrogens is 2. The van der Waals surface area contributed by atoms with Crippen LogP contribution in [0.15, 0.2) is 53.5 Å². The summed E-state index contributed by atoms with van der Waals surface area (Å²) in [6.07, 6.45) is 1.57. The molecule has 0 spiro atoms. The molecule has 0 aliphatic carbocycles. The smallest absolute Gasteiger partial charge is 0.256 e. The van der Waals surface area contributed by atoms with Gasteiger partial charge in [0, 0.05) is 22.6 Å². The summed E-state index contributed by atoms with van der Waals surface area (Å²) in [7, 11) is 0. The van der Waals surface area contributed by atoms with Gasteiger partial charge >= 0.3 is 0 Å². The highest BCUT2D eigenvalue weighted by Gasteiger charge is 2.18. The van der Waals surface area contributed by atoms with Gasteiger partial charge in [-0.2, -0.15) is 5.10 Å². The largest absolute Gasteiger partial charge is 0.399 e. The maximum Gasteiger partial charge on any atom is 0.256 e. The minimum atomic E-state index is -0.650. The van der Waals surface area contributed by atoms with Gasteiger partial charge in [-0.05, 0) is 35.9 Å². The number of nitrogens with one attached hydrogen (secondary N) is 2. The van der Waals surface area contributed by atoms with Crippen molar-refractivity contribution in [2.75, 3.05) is 11.1 Å². The highest BCUT2D eigenvalue weighted by atomic mass is 35.5. The SMILES string of the molecule is NC(=O)c1c(N=Cc2ccc(N)cc2)n[nH]c1Nc1cccc(Cl)c1. The Morgan fingerprint density at radius 2 is 2.00 bits per heavy atom. The van der Waals surface area contributed by atoms with Gasteiger partial charge in [0.25, 0.3) is 5.91 Å². The Morgan fingerprint density at radius 3 is 2.68 bits per heavy atom. The average Bonchev–Trinajstić information content (AvgIpc) is 2.97. The minimum absolute atomic E-state index is 0.159. The van der Waals surface area contributed by atoms with Crippen LogP contribution in [0.4, 0.5) is 23.0 Å². The maximum absolute atomic E-state index is 11.8. The van der Waals surface area contributed by atoms with Crippen molar-refractivity contribution in [1.82, 2.24) is 10.2 Å². The monoisotopic (exact) mass is 354 g/mol. The zero-order valence-electron chi connectivity index (χ0n) is 13.0. The third-order valence-corrected chi connectivity index (χ3v) is 3.60. The molecular weight excluding hydrogens is 340 g/mol. The Balaban J connectivity index is 1.89. The van der Waals surface area contributed by atoms with Crippen molar-refractivity contribution in [2.24, 2.45) is 10.7 Å². The van der Waals surface area contributed by atoms with Crippen molar-refractivity contribution < 1.29 is 4.79 Å². The summed E-state index contributed by atoms with van der Waals surface area (Å²) in [5, 5.41) is 10.4. The van der Waals surface area contributed by atoms with Crippen LogP contribution >= 0.6 is 11.6 Å². The van der Waals surface area contributed by atoms with E-state index in [1.54, 1.807) is 54.7 Å². The van der Waals surface area contributed by atoms with Crippen molar-refractivity contribution in [2.45, 2.75) is 0 Å². The number of benzene rings is 2. The molecule has 0 radical (unpaired) electrons. The number of aliphatic imine (C=N–C) groups is 1. The summed E-state index contributed by atoms with van der Waals surface area (Å²) in [5.74, 6) is -0.115. The molecule has 3 rings (SSSR count). The number of anilines is 3. The molecule has 6 N–H and O–H groups in total. The van der Waals surface area contributed by atoms with Gasteiger partial charge in [0.2, 0.25) is 0 Å². The second kappa shape index (κ2) is 7.06. The summed E-state index contributed by atoms with van der Waals surface area (Å²) < 4.78 is 0. The second-order valence-electron chi connectivity index (χ2n) is 5.22. The van der Waals surface area contributed by atoms with E-state index in [4.69, 9.17) is 23.1 Å². The molecule has 0 bridgehead atoms. The van der Waals surface area contributed by atoms with E-state index < -0.39 is 5.91 Å². The number of aromatic amines is 1. The van der Waals surface area contributed by atoms with E-state index in [9.17, 15) is 4.79 Å². The minimum Gasteiger partial charge on any atom is -0.399 e. The predicted molar refractivity (Wildman–Crippen MR) is 99.9 cm³/mol. The van der Waals surface area contributed by atoms with Gasteiger partial charge in [0.1, 0.15) is 11.4 Å². The van der Waals surface area contributed by atoms with Crippen LogP contribution in [0.1, 0.15) is 15.9 Å². The molecule has 126 valence electrons. The molecule has 1 aromatic heterocycles. The fraction of sp³-hybridized carbons (Fsp3) is 0. The molecule has 0 unspecified atom stereocenters. The molecule has 25 heavy (non-hydrogen) atoms. The fourth-order valence-electron chi connectivity index (χ4n) is 2.18. The molecule has 3 aromatic rings. The topological polar surface area (TPSA) is 122 Å². The van der Waals surface area contributed by atoms with E-state index in [1.165, 1.54) is 0 Å². The van der Waals surface area contributed by atoms with E-state index in [0.29, 0.717) is 22.2 Å². The van der Waals surface area contributed by atoms with Gasteiger partial charge in [-0.15, -0.1) is 0 Å². The molecular formula is C17H15ClN6O. The van der Waals surface area contributed by atoms with Crippen LogP contribution in [0.25, 0.3) is 0 Å². The number of hydrogen-bond acceptors (Lipinski definition) is 5. The number of rotatable bonds is 5. The maximum atomic E-state index is 11.8. The van der Waals surface area contributed by atoms with Crippen LogP contribution < -0.4 is 16.8 Å². The lowest BCUT2D eigenvalue weighted by molar-refractivity contribution is 0.100. The van der Waals surface area contributed by atoms with E-state index in [-0.39, 0.29) is 11.4 Å². The lowest BCUT2D eigenvalue weighted by Gasteiger charge is -2.05. The van der Waals surface area contributed by atoms with Crippen LogP contribution in [0, 0.1) is 0 Å². The molecule has 8 heteroatoms. The Morgan fingerprint density at radius 1 is 1.24 bits per heavy atom. The molecule has 0 aliphatic heterocycles. The highest BCUT2D eigenvalue weighted by Crippen LogP contribution is 2.27. The van der Waals surface area contributed by atoms with Crippen LogP contribution in [-0.2, 0) is 0 Å². The molecule has 7 nitrogen and oxygen atoms in total.